The SMILES string of the molecule is CCNc1nc(NCCC(N)=O)c2[nH]cnc2n1. The van der Waals surface area contributed by atoms with Crippen molar-refractivity contribution in [2.75, 3.05) is 23.7 Å². The van der Waals surface area contributed by atoms with Crippen molar-refractivity contribution >= 4 is 28.8 Å². The molecule has 8 nitrogen and oxygen atoms in total. The van der Waals surface area contributed by atoms with E-state index in [0.29, 0.717) is 29.5 Å². The van der Waals surface area contributed by atoms with Crippen LogP contribution in [0, 0.1) is 0 Å². The van der Waals surface area contributed by atoms with E-state index >= 15 is 0 Å². The lowest BCUT2D eigenvalue weighted by Crippen LogP contribution is -2.16. The van der Waals surface area contributed by atoms with Gasteiger partial charge in [0.25, 0.3) is 0 Å². The molecule has 0 aliphatic carbocycles. The number of fused-ring (bicyclic) bond motifs is 1. The highest BCUT2D eigenvalue weighted by molar-refractivity contribution is 5.84. The molecule has 0 radical (unpaired) electrons. The van der Waals surface area contributed by atoms with Crippen LogP contribution in [0.15, 0.2) is 6.33 Å². The maximum Gasteiger partial charge on any atom is 0.226 e. The molecule has 0 saturated heterocycles. The summed E-state index contributed by atoms with van der Waals surface area (Å²) in [6.45, 7) is 3.10. The van der Waals surface area contributed by atoms with Crippen LogP contribution in [0.4, 0.5) is 11.8 Å². The molecular weight excluding hydrogens is 234 g/mol. The number of amides is 1. The predicted molar refractivity (Wildman–Crippen MR) is 68.1 cm³/mol. The van der Waals surface area contributed by atoms with Crippen molar-refractivity contribution in [3.8, 4) is 0 Å². The molecule has 96 valence electrons. The van der Waals surface area contributed by atoms with Gasteiger partial charge in [0.2, 0.25) is 11.9 Å². The Morgan fingerprint density at radius 2 is 2.28 bits per heavy atom. The number of primary amides is 1. The van der Waals surface area contributed by atoms with Crippen molar-refractivity contribution in [3.63, 3.8) is 0 Å². The second kappa shape index (κ2) is 5.30. The monoisotopic (exact) mass is 249 g/mol. The maximum atomic E-state index is 10.7. The van der Waals surface area contributed by atoms with E-state index in [-0.39, 0.29) is 12.3 Å². The number of hydrogen-bond acceptors (Lipinski definition) is 6. The van der Waals surface area contributed by atoms with Gasteiger partial charge in [0.1, 0.15) is 5.52 Å². The van der Waals surface area contributed by atoms with Crippen molar-refractivity contribution in [1.29, 1.82) is 0 Å². The van der Waals surface area contributed by atoms with Crippen molar-refractivity contribution in [2.24, 2.45) is 5.73 Å². The first-order chi connectivity index (χ1) is 8.70. The molecule has 0 unspecified atom stereocenters. The molecule has 2 heterocycles. The van der Waals surface area contributed by atoms with Gasteiger partial charge in [-0.25, -0.2) is 4.98 Å². The topological polar surface area (TPSA) is 122 Å². The first kappa shape index (κ1) is 12.1. The van der Waals surface area contributed by atoms with Gasteiger partial charge in [-0.15, -0.1) is 0 Å². The molecule has 1 amide bonds. The minimum Gasteiger partial charge on any atom is -0.370 e. The van der Waals surface area contributed by atoms with Crippen LogP contribution in [-0.2, 0) is 4.79 Å². The summed E-state index contributed by atoms with van der Waals surface area (Å²) in [5.74, 6) is 0.748. The quantitative estimate of drug-likeness (QED) is 0.575. The first-order valence-corrected chi connectivity index (χ1v) is 5.68. The summed E-state index contributed by atoms with van der Waals surface area (Å²) >= 11 is 0. The Hall–Kier alpha value is -2.38. The van der Waals surface area contributed by atoms with Gasteiger partial charge in [0.15, 0.2) is 11.5 Å². The summed E-state index contributed by atoms with van der Waals surface area (Å²) in [5, 5.41) is 6.06. The lowest BCUT2D eigenvalue weighted by atomic mass is 10.4. The summed E-state index contributed by atoms with van der Waals surface area (Å²) in [7, 11) is 0. The molecule has 0 spiro atoms. The van der Waals surface area contributed by atoms with Crippen molar-refractivity contribution < 1.29 is 4.79 Å². The Balaban J connectivity index is 2.22. The molecule has 0 atom stereocenters. The van der Waals surface area contributed by atoms with Crippen molar-refractivity contribution in [2.45, 2.75) is 13.3 Å². The number of aromatic amines is 1. The average Bonchev–Trinajstić information content (AvgIpc) is 2.77. The van der Waals surface area contributed by atoms with Crippen molar-refractivity contribution in [1.82, 2.24) is 19.9 Å². The van der Waals surface area contributed by atoms with Gasteiger partial charge < -0.3 is 21.4 Å². The minimum absolute atomic E-state index is 0.246. The first-order valence-electron chi connectivity index (χ1n) is 5.68. The molecule has 0 aliphatic rings. The number of imidazole rings is 1. The molecule has 2 rings (SSSR count). The van der Waals surface area contributed by atoms with Gasteiger partial charge in [-0.05, 0) is 6.92 Å². The number of nitrogens with two attached hydrogens (primary N) is 1. The summed E-state index contributed by atoms with van der Waals surface area (Å²) in [6, 6.07) is 0. The van der Waals surface area contributed by atoms with E-state index < -0.39 is 0 Å². The van der Waals surface area contributed by atoms with Crippen LogP contribution in [0.5, 0.6) is 0 Å². The number of H-pyrrole nitrogens is 1. The Bertz CT molecular complexity index is 550. The van der Waals surface area contributed by atoms with Crippen LogP contribution in [-0.4, -0.2) is 38.9 Å². The normalized spacial score (nSPS) is 10.5. The molecular formula is C10H15N7O. The number of aromatic nitrogens is 4. The van der Waals surface area contributed by atoms with Gasteiger partial charge in [0.05, 0.1) is 6.33 Å². The number of nitrogens with one attached hydrogen (secondary N) is 3. The average molecular weight is 249 g/mol. The van der Waals surface area contributed by atoms with E-state index in [0.717, 1.165) is 6.54 Å². The van der Waals surface area contributed by atoms with Crippen LogP contribution in [0.1, 0.15) is 13.3 Å². The minimum atomic E-state index is -0.357. The summed E-state index contributed by atoms with van der Waals surface area (Å²) in [4.78, 5) is 26.3. The van der Waals surface area contributed by atoms with Crippen LogP contribution >= 0.6 is 0 Å². The summed E-state index contributed by atoms with van der Waals surface area (Å²) in [6.07, 6.45) is 1.80. The summed E-state index contributed by atoms with van der Waals surface area (Å²) in [5.41, 5.74) is 6.36. The van der Waals surface area contributed by atoms with Gasteiger partial charge in [0, 0.05) is 19.5 Å². The molecule has 0 fully saturated rings. The number of anilines is 2. The molecule has 18 heavy (non-hydrogen) atoms. The highest BCUT2D eigenvalue weighted by Crippen LogP contribution is 2.18. The molecule has 2 aromatic heterocycles. The third-order valence-corrected chi connectivity index (χ3v) is 2.28. The highest BCUT2D eigenvalue weighted by Gasteiger charge is 2.09. The Morgan fingerprint density at radius 3 is 3.00 bits per heavy atom. The lowest BCUT2D eigenvalue weighted by molar-refractivity contribution is -0.117. The molecule has 0 bridgehead atoms. The smallest absolute Gasteiger partial charge is 0.226 e. The number of carbonyl (C=O) groups is 1. The van der Waals surface area contributed by atoms with Crippen LogP contribution in [0.2, 0.25) is 0 Å². The van der Waals surface area contributed by atoms with Gasteiger partial charge >= 0.3 is 0 Å². The van der Waals surface area contributed by atoms with Gasteiger partial charge in [-0.3, -0.25) is 4.79 Å². The van der Waals surface area contributed by atoms with Crippen molar-refractivity contribution in [3.05, 3.63) is 6.33 Å². The van der Waals surface area contributed by atoms with Gasteiger partial charge in [-0.2, -0.15) is 9.97 Å². The fourth-order valence-electron chi connectivity index (χ4n) is 1.50. The van der Waals surface area contributed by atoms with E-state index in [1.807, 2.05) is 6.92 Å². The van der Waals surface area contributed by atoms with E-state index in [4.69, 9.17) is 5.73 Å². The van der Waals surface area contributed by atoms with Crippen LogP contribution in [0.3, 0.4) is 0 Å². The third kappa shape index (κ3) is 2.65. The fraction of sp³-hybridized carbons (Fsp3) is 0.400. The van der Waals surface area contributed by atoms with Crippen LogP contribution in [0.25, 0.3) is 11.2 Å². The molecule has 0 aromatic carbocycles. The second-order valence-corrected chi connectivity index (χ2v) is 3.67. The standard InChI is InChI=1S/C10H15N7O/c1-2-12-10-16-8(13-4-3-6(11)18)7-9(17-10)15-5-14-7/h5H,2-4H2,1H3,(H2,11,18)(H3,12,13,14,15,16,17). The number of rotatable bonds is 6. The second-order valence-electron chi connectivity index (χ2n) is 3.67. The van der Waals surface area contributed by atoms with E-state index in [1.165, 1.54) is 0 Å². The van der Waals surface area contributed by atoms with Crippen LogP contribution < -0.4 is 16.4 Å². The highest BCUT2D eigenvalue weighted by atomic mass is 16.1. The Labute approximate surface area is 103 Å². The van der Waals surface area contributed by atoms with E-state index in [1.54, 1.807) is 6.33 Å². The third-order valence-electron chi connectivity index (χ3n) is 2.28. The zero-order valence-corrected chi connectivity index (χ0v) is 10.0. The molecule has 5 N–H and O–H groups in total. The number of hydrogen-bond donors (Lipinski definition) is 4. The Morgan fingerprint density at radius 1 is 1.44 bits per heavy atom. The molecule has 0 aliphatic heterocycles. The lowest BCUT2D eigenvalue weighted by Gasteiger charge is -2.07. The van der Waals surface area contributed by atoms with Gasteiger partial charge in [-0.1, -0.05) is 0 Å². The Kier molecular flexibility index (Phi) is 3.56. The maximum absolute atomic E-state index is 10.7. The zero-order chi connectivity index (χ0) is 13.0. The largest absolute Gasteiger partial charge is 0.370 e. The predicted octanol–water partition coefficient (Wildman–Crippen LogP) is 0.0720. The number of carbonyl (C=O) groups excluding carboxylic acids is 1. The summed E-state index contributed by atoms with van der Waals surface area (Å²) < 4.78 is 0. The number of nitrogens with zero attached hydrogens (tertiary/aromatic N) is 3. The molecule has 0 saturated carbocycles. The van der Waals surface area contributed by atoms with E-state index in [9.17, 15) is 4.79 Å². The zero-order valence-electron chi connectivity index (χ0n) is 10.0. The fourth-order valence-corrected chi connectivity index (χ4v) is 1.50. The molecule has 2 aromatic rings. The van der Waals surface area contributed by atoms with E-state index in [2.05, 4.69) is 30.6 Å². The molecule has 8 heteroatoms.